The molecular formula is C13H15Cl2NO2. The molecule has 0 spiro atoms. The van der Waals surface area contributed by atoms with Crippen molar-refractivity contribution in [2.75, 3.05) is 12.4 Å². The Morgan fingerprint density at radius 3 is 2.89 bits per heavy atom. The van der Waals surface area contributed by atoms with Crippen LogP contribution in [0.4, 0.5) is 0 Å². The molecule has 0 aromatic heterocycles. The first-order chi connectivity index (χ1) is 8.54. The van der Waals surface area contributed by atoms with Crippen molar-refractivity contribution in [1.29, 1.82) is 0 Å². The number of amides is 1. The van der Waals surface area contributed by atoms with E-state index in [0.29, 0.717) is 17.4 Å². The predicted octanol–water partition coefficient (Wildman–Crippen LogP) is 3.14. The third-order valence-electron chi connectivity index (χ3n) is 3.50. The second kappa shape index (κ2) is 5.37. The van der Waals surface area contributed by atoms with Gasteiger partial charge in [-0.15, -0.1) is 11.6 Å². The third-order valence-corrected chi connectivity index (χ3v) is 4.12. The number of benzene rings is 1. The van der Waals surface area contributed by atoms with Crippen LogP contribution in [0, 0.1) is 5.92 Å². The summed E-state index contributed by atoms with van der Waals surface area (Å²) < 4.78 is 0. The molecular weight excluding hydrogens is 273 g/mol. The van der Waals surface area contributed by atoms with E-state index >= 15 is 0 Å². The molecule has 1 amide bonds. The van der Waals surface area contributed by atoms with Gasteiger partial charge in [0.2, 0.25) is 0 Å². The number of hydrogen-bond donors (Lipinski definition) is 1. The molecule has 0 saturated carbocycles. The Bertz CT molecular complexity index is 464. The zero-order valence-corrected chi connectivity index (χ0v) is 11.6. The minimum absolute atomic E-state index is 0.0168. The van der Waals surface area contributed by atoms with Crippen molar-refractivity contribution in [1.82, 2.24) is 4.90 Å². The van der Waals surface area contributed by atoms with Crippen molar-refractivity contribution in [3.8, 4) is 5.75 Å². The van der Waals surface area contributed by atoms with Crippen LogP contribution in [0.3, 0.4) is 0 Å². The van der Waals surface area contributed by atoms with Crippen molar-refractivity contribution in [3.63, 3.8) is 0 Å². The van der Waals surface area contributed by atoms with Crippen LogP contribution in [0.1, 0.15) is 23.7 Å². The Morgan fingerprint density at radius 1 is 1.56 bits per heavy atom. The molecule has 2 unspecified atom stereocenters. The largest absolute Gasteiger partial charge is 0.506 e. The zero-order chi connectivity index (χ0) is 13.3. The number of phenols is 1. The Hall–Kier alpha value is -0.930. The summed E-state index contributed by atoms with van der Waals surface area (Å²) in [5.74, 6) is 0.765. The normalized spacial score (nSPS) is 23.4. The van der Waals surface area contributed by atoms with Crippen molar-refractivity contribution >= 4 is 29.1 Å². The van der Waals surface area contributed by atoms with Gasteiger partial charge in [0.25, 0.3) is 5.91 Å². The maximum Gasteiger partial charge on any atom is 0.254 e. The number of carbonyl (C=O) groups is 1. The van der Waals surface area contributed by atoms with E-state index in [1.54, 1.807) is 11.0 Å². The lowest BCUT2D eigenvalue weighted by Crippen LogP contribution is -2.38. The number of aromatic hydroxyl groups is 1. The summed E-state index contributed by atoms with van der Waals surface area (Å²) >= 11 is 11.7. The Balaban J connectivity index is 2.23. The Kier molecular flexibility index (Phi) is 4.03. The first-order valence-electron chi connectivity index (χ1n) is 5.90. The number of alkyl halides is 1. The Morgan fingerprint density at radius 2 is 2.28 bits per heavy atom. The molecule has 18 heavy (non-hydrogen) atoms. The molecule has 0 radical (unpaired) electrons. The predicted molar refractivity (Wildman–Crippen MR) is 72.4 cm³/mol. The molecule has 5 heteroatoms. The number of phenolic OH excluding ortho intramolecular Hbond substituents is 1. The number of hydrogen-bond acceptors (Lipinski definition) is 2. The van der Waals surface area contributed by atoms with E-state index in [9.17, 15) is 9.90 Å². The fraction of sp³-hybridized carbons (Fsp3) is 0.462. The number of halogens is 2. The molecule has 1 heterocycles. The lowest BCUT2D eigenvalue weighted by atomic mass is 10.0. The Labute approximate surface area is 116 Å². The molecule has 1 fully saturated rings. The van der Waals surface area contributed by atoms with Crippen LogP contribution in [0.5, 0.6) is 5.75 Å². The second-order valence-electron chi connectivity index (χ2n) is 4.65. The fourth-order valence-corrected chi connectivity index (χ4v) is 2.95. The van der Waals surface area contributed by atoms with Crippen LogP contribution in [-0.2, 0) is 0 Å². The van der Waals surface area contributed by atoms with Crippen LogP contribution in [0.15, 0.2) is 18.2 Å². The van der Waals surface area contributed by atoms with E-state index in [1.807, 2.05) is 0 Å². The minimum Gasteiger partial charge on any atom is -0.506 e. The van der Waals surface area contributed by atoms with E-state index in [1.165, 1.54) is 12.1 Å². The van der Waals surface area contributed by atoms with Crippen molar-refractivity contribution in [2.24, 2.45) is 5.92 Å². The van der Waals surface area contributed by atoms with Crippen molar-refractivity contribution < 1.29 is 9.90 Å². The first kappa shape index (κ1) is 13.5. The summed E-state index contributed by atoms with van der Waals surface area (Å²) in [5.41, 5.74) is 0.488. The van der Waals surface area contributed by atoms with E-state index < -0.39 is 0 Å². The van der Waals surface area contributed by atoms with Crippen molar-refractivity contribution in [3.05, 3.63) is 28.8 Å². The summed E-state index contributed by atoms with van der Waals surface area (Å²) in [4.78, 5) is 14.1. The van der Waals surface area contributed by atoms with Crippen molar-refractivity contribution in [2.45, 2.75) is 19.4 Å². The van der Waals surface area contributed by atoms with E-state index in [-0.39, 0.29) is 22.7 Å². The van der Waals surface area contributed by atoms with Gasteiger partial charge < -0.3 is 10.0 Å². The highest BCUT2D eigenvalue weighted by Crippen LogP contribution is 2.29. The first-order valence-corrected chi connectivity index (χ1v) is 6.81. The lowest BCUT2D eigenvalue weighted by Gasteiger charge is -2.25. The molecule has 1 aliphatic heterocycles. The fourth-order valence-electron chi connectivity index (χ4n) is 2.30. The summed E-state index contributed by atoms with van der Waals surface area (Å²) in [5, 5.41) is 9.54. The standard InChI is InChI=1S/C13H15Cl2NO2/c1-8-4-5-16(11(8)7-14)13(18)9-2-3-12(17)10(15)6-9/h2-3,6,8,11,17H,4-5,7H2,1H3. The quantitative estimate of drug-likeness (QED) is 0.849. The molecule has 1 saturated heterocycles. The average molecular weight is 288 g/mol. The SMILES string of the molecule is CC1CCN(C(=O)c2ccc(O)c(Cl)c2)C1CCl. The van der Waals surface area contributed by atoms with Crippen LogP contribution in [0.2, 0.25) is 5.02 Å². The van der Waals surface area contributed by atoms with Gasteiger partial charge in [-0.05, 0) is 30.5 Å². The summed E-state index contributed by atoms with van der Waals surface area (Å²) in [6.45, 7) is 2.82. The second-order valence-corrected chi connectivity index (χ2v) is 5.37. The molecule has 1 aromatic carbocycles. The zero-order valence-electron chi connectivity index (χ0n) is 10.1. The highest BCUT2D eigenvalue weighted by molar-refractivity contribution is 6.32. The van der Waals surface area contributed by atoms with Crippen LogP contribution in [-0.4, -0.2) is 34.4 Å². The molecule has 2 atom stereocenters. The van der Waals surface area contributed by atoms with Gasteiger partial charge in [-0.3, -0.25) is 4.79 Å². The molecule has 1 aliphatic rings. The summed E-state index contributed by atoms with van der Waals surface area (Å²) in [7, 11) is 0. The number of rotatable bonds is 2. The molecule has 2 rings (SSSR count). The maximum absolute atomic E-state index is 12.4. The highest BCUT2D eigenvalue weighted by atomic mass is 35.5. The number of carbonyl (C=O) groups excluding carboxylic acids is 1. The van der Waals surface area contributed by atoms with Crippen LogP contribution < -0.4 is 0 Å². The van der Waals surface area contributed by atoms with Gasteiger partial charge >= 0.3 is 0 Å². The molecule has 98 valence electrons. The van der Waals surface area contributed by atoms with Crippen LogP contribution in [0.25, 0.3) is 0 Å². The van der Waals surface area contributed by atoms with Gasteiger partial charge in [0, 0.05) is 24.0 Å². The van der Waals surface area contributed by atoms with Gasteiger partial charge in [0.05, 0.1) is 5.02 Å². The number of likely N-dealkylation sites (tertiary alicyclic amines) is 1. The van der Waals surface area contributed by atoms with E-state index in [2.05, 4.69) is 6.92 Å². The molecule has 0 bridgehead atoms. The van der Waals surface area contributed by atoms with Gasteiger partial charge in [0.1, 0.15) is 5.75 Å². The summed E-state index contributed by atoms with van der Waals surface area (Å²) in [6.07, 6.45) is 0.967. The molecule has 1 N–H and O–H groups in total. The van der Waals surface area contributed by atoms with Gasteiger partial charge in [0.15, 0.2) is 0 Å². The maximum atomic E-state index is 12.4. The minimum atomic E-state index is -0.0769. The molecule has 1 aromatic rings. The third kappa shape index (κ3) is 2.43. The van der Waals surface area contributed by atoms with E-state index in [0.717, 1.165) is 13.0 Å². The van der Waals surface area contributed by atoms with Gasteiger partial charge in [-0.25, -0.2) is 0 Å². The van der Waals surface area contributed by atoms with Crippen LogP contribution >= 0.6 is 23.2 Å². The van der Waals surface area contributed by atoms with Gasteiger partial charge in [-0.2, -0.15) is 0 Å². The lowest BCUT2D eigenvalue weighted by molar-refractivity contribution is 0.0737. The molecule has 3 nitrogen and oxygen atoms in total. The summed E-state index contributed by atoms with van der Waals surface area (Å²) in [6, 6.07) is 4.59. The monoisotopic (exact) mass is 287 g/mol. The average Bonchev–Trinajstić information content (AvgIpc) is 2.73. The topological polar surface area (TPSA) is 40.5 Å². The van der Waals surface area contributed by atoms with Gasteiger partial charge in [-0.1, -0.05) is 18.5 Å². The number of nitrogens with zero attached hydrogens (tertiary/aromatic N) is 1. The molecule has 0 aliphatic carbocycles. The van der Waals surface area contributed by atoms with E-state index in [4.69, 9.17) is 23.2 Å². The highest BCUT2D eigenvalue weighted by Gasteiger charge is 2.34. The smallest absolute Gasteiger partial charge is 0.254 e.